The Balaban J connectivity index is 2.24. The predicted molar refractivity (Wildman–Crippen MR) is 82.1 cm³/mol. The van der Waals surface area contributed by atoms with Gasteiger partial charge in [-0.3, -0.25) is 4.98 Å². The number of fused-ring (bicyclic) bond motifs is 1. The van der Waals surface area contributed by atoms with E-state index in [1.807, 2.05) is 0 Å². The van der Waals surface area contributed by atoms with Gasteiger partial charge < -0.3 is 23.0 Å². The first-order chi connectivity index (χ1) is 10.6. The third-order valence-corrected chi connectivity index (χ3v) is 2.91. The first kappa shape index (κ1) is 13.4. The van der Waals surface area contributed by atoms with Gasteiger partial charge in [0.2, 0.25) is 0 Å². The van der Waals surface area contributed by atoms with E-state index in [0.29, 0.717) is 5.82 Å². The van der Waals surface area contributed by atoms with Crippen molar-refractivity contribution in [2.45, 2.75) is 0 Å². The van der Waals surface area contributed by atoms with Crippen LogP contribution < -0.4 is 23.0 Å². The number of hydrazone groups is 1. The summed E-state index contributed by atoms with van der Waals surface area (Å²) in [6.45, 7) is 0. The van der Waals surface area contributed by atoms with Crippen molar-refractivity contribution in [1.29, 1.82) is 0 Å². The van der Waals surface area contributed by atoms with Gasteiger partial charge in [0.15, 0.2) is 34.5 Å². The Bertz CT molecular complexity index is 874. The van der Waals surface area contributed by atoms with E-state index in [1.54, 1.807) is 24.5 Å². The molecule has 0 fully saturated rings. The molecular weight excluding hydrogens is 284 g/mol. The second-order valence-corrected chi connectivity index (χ2v) is 4.31. The molecule has 22 heavy (non-hydrogen) atoms. The molecule has 0 saturated carbocycles. The van der Waals surface area contributed by atoms with Crippen molar-refractivity contribution in [3.63, 3.8) is 0 Å². The van der Waals surface area contributed by atoms with E-state index in [2.05, 4.69) is 30.0 Å². The fourth-order valence-corrected chi connectivity index (χ4v) is 1.86. The zero-order valence-corrected chi connectivity index (χ0v) is 11.3. The lowest BCUT2D eigenvalue weighted by molar-refractivity contribution is 1.14. The Morgan fingerprint density at radius 1 is 0.955 bits per heavy atom. The van der Waals surface area contributed by atoms with Crippen molar-refractivity contribution < 1.29 is 0 Å². The van der Waals surface area contributed by atoms with Gasteiger partial charge >= 0.3 is 0 Å². The SMILES string of the molecule is NN=C(N)c1nc2c(N)nc(-c3ccncc3)nc2nc1N. The van der Waals surface area contributed by atoms with E-state index in [4.69, 9.17) is 23.0 Å². The highest BCUT2D eigenvalue weighted by atomic mass is 15.2. The van der Waals surface area contributed by atoms with Crippen LogP contribution in [0.5, 0.6) is 0 Å². The lowest BCUT2D eigenvalue weighted by Gasteiger charge is -2.07. The smallest absolute Gasteiger partial charge is 0.186 e. The third kappa shape index (κ3) is 2.18. The zero-order valence-electron chi connectivity index (χ0n) is 11.3. The van der Waals surface area contributed by atoms with Crippen LogP contribution >= 0.6 is 0 Å². The van der Waals surface area contributed by atoms with E-state index in [9.17, 15) is 0 Å². The van der Waals surface area contributed by atoms with E-state index >= 15 is 0 Å². The molecular formula is C12H12N10. The van der Waals surface area contributed by atoms with Crippen LogP contribution in [0.15, 0.2) is 29.6 Å². The Morgan fingerprint density at radius 2 is 1.68 bits per heavy atom. The summed E-state index contributed by atoms with van der Waals surface area (Å²) >= 11 is 0. The molecule has 0 unspecified atom stereocenters. The summed E-state index contributed by atoms with van der Waals surface area (Å²) < 4.78 is 0. The fourth-order valence-electron chi connectivity index (χ4n) is 1.86. The van der Waals surface area contributed by atoms with Crippen LogP contribution in [0.2, 0.25) is 0 Å². The maximum atomic E-state index is 5.93. The highest BCUT2D eigenvalue weighted by Gasteiger charge is 2.15. The second kappa shape index (κ2) is 5.09. The molecule has 10 nitrogen and oxygen atoms in total. The molecule has 3 rings (SSSR count). The average molecular weight is 296 g/mol. The van der Waals surface area contributed by atoms with Crippen molar-refractivity contribution in [3.8, 4) is 11.4 Å². The van der Waals surface area contributed by atoms with Gasteiger partial charge in [0.1, 0.15) is 5.69 Å². The molecule has 0 aliphatic carbocycles. The van der Waals surface area contributed by atoms with Gasteiger partial charge in [-0.15, -0.1) is 0 Å². The van der Waals surface area contributed by atoms with E-state index in [1.165, 1.54) is 0 Å². The number of hydrogen-bond acceptors (Lipinski definition) is 9. The first-order valence-electron chi connectivity index (χ1n) is 6.15. The summed E-state index contributed by atoms with van der Waals surface area (Å²) in [4.78, 5) is 20.8. The number of rotatable bonds is 2. The van der Waals surface area contributed by atoms with Crippen molar-refractivity contribution in [2.75, 3.05) is 11.5 Å². The van der Waals surface area contributed by atoms with Crippen molar-refractivity contribution in [2.24, 2.45) is 16.7 Å². The molecule has 0 spiro atoms. The summed E-state index contributed by atoms with van der Waals surface area (Å²) in [7, 11) is 0. The number of nitrogens with zero attached hydrogens (tertiary/aromatic N) is 6. The van der Waals surface area contributed by atoms with E-state index < -0.39 is 0 Å². The predicted octanol–water partition coefficient (Wildman–Crippen LogP) is -0.775. The maximum absolute atomic E-state index is 5.93. The van der Waals surface area contributed by atoms with Crippen molar-refractivity contribution >= 4 is 28.6 Å². The number of nitrogen functional groups attached to an aromatic ring is 2. The lowest BCUT2D eigenvalue weighted by Crippen LogP contribution is -2.20. The fraction of sp³-hybridized carbons (Fsp3) is 0. The average Bonchev–Trinajstić information content (AvgIpc) is 2.54. The van der Waals surface area contributed by atoms with Crippen LogP contribution in [0.1, 0.15) is 5.69 Å². The van der Waals surface area contributed by atoms with Gasteiger partial charge in [-0.2, -0.15) is 5.10 Å². The maximum Gasteiger partial charge on any atom is 0.186 e. The highest BCUT2D eigenvalue weighted by molar-refractivity contribution is 6.01. The second-order valence-electron chi connectivity index (χ2n) is 4.31. The van der Waals surface area contributed by atoms with E-state index in [-0.39, 0.29) is 34.3 Å². The Morgan fingerprint density at radius 3 is 2.36 bits per heavy atom. The molecule has 0 aromatic carbocycles. The highest BCUT2D eigenvalue weighted by Crippen LogP contribution is 2.22. The number of amidine groups is 1. The standard InChI is InChI=1S/C12H12N10/c13-8-6(10(15)22-16)18-7-9(14)19-11(21-12(7)20-8)5-1-3-17-4-2-5/h1-4H,16H2,(H2,15,22)(H4,13,14,19,20,21). The van der Waals surface area contributed by atoms with Gasteiger partial charge in [0.25, 0.3) is 0 Å². The van der Waals surface area contributed by atoms with Crippen LogP contribution in [-0.2, 0) is 0 Å². The molecule has 0 aliphatic heterocycles. The first-order valence-corrected chi connectivity index (χ1v) is 6.15. The lowest BCUT2D eigenvalue weighted by atomic mass is 10.2. The number of pyridine rings is 1. The normalized spacial score (nSPS) is 11.7. The Hall–Kier alpha value is -3.56. The summed E-state index contributed by atoms with van der Waals surface area (Å²) in [5, 5.41) is 3.34. The van der Waals surface area contributed by atoms with Gasteiger partial charge in [-0.25, -0.2) is 19.9 Å². The third-order valence-electron chi connectivity index (χ3n) is 2.91. The van der Waals surface area contributed by atoms with Gasteiger partial charge in [-0.05, 0) is 12.1 Å². The molecule has 3 heterocycles. The monoisotopic (exact) mass is 296 g/mol. The Kier molecular flexibility index (Phi) is 3.10. The molecule has 0 bridgehead atoms. The summed E-state index contributed by atoms with van der Waals surface area (Å²) in [5.41, 5.74) is 18.8. The quantitative estimate of drug-likeness (QED) is 0.204. The van der Waals surface area contributed by atoms with Gasteiger partial charge in [-0.1, -0.05) is 0 Å². The molecule has 10 heteroatoms. The van der Waals surface area contributed by atoms with Crippen LogP contribution in [-0.4, -0.2) is 30.8 Å². The zero-order chi connectivity index (χ0) is 15.7. The molecule has 8 N–H and O–H groups in total. The number of nitrogens with two attached hydrogens (primary N) is 4. The Labute approximate surface area is 124 Å². The van der Waals surface area contributed by atoms with Crippen LogP contribution in [0, 0.1) is 0 Å². The summed E-state index contributed by atoms with van der Waals surface area (Å²) in [6, 6.07) is 3.51. The molecule has 0 aliphatic rings. The summed E-state index contributed by atoms with van der Waals surface area (Å²) in [6.07, 6.45) is 3.25. The van der Waals surface area contributed by atoms with E-state index in [0.717, 1.165) is 5.56 Å². The molecule has 0 amide bonds. The van der Waals surface area contributed by atoms with Crippen LogP contribution in [0.4, 0.5) is 11.6 Å². The van der Waals surface area contributed by atoms with Crippen LogP contribution in [0.25, 0.3) is 22.6 Å². The minimum atomic E-state index is -0.0514. The van der Waals surface area contributed by atoms with Gasteiger partial charge in [0, 0.05) is 18.0 Å². The number of hydrogen-bond donors (Lipinski definition) is 4. The number of aromatic nitrogens is 5. The topological polar surface area (TPSA) is 181 Å². The van der Waals surface area contributed by atoms with Crippen molar-refractivity contribution in [1.82, 2.24) is 24.9 Å². The molecule has 3 aromatic rings. The largest absolute Gasteiger partial charge is 0.382 e. The number of anilines is 2. The molecule has 0 atom stereocenters. The molecule has 0 saturated heterocycles. The molecule has 110 valence electrons. The molecule has 3 aromatic heterocycles. The minimum absolute atomic E-state index is 0.0514. The molecule has 0 radical (unpaired) electrons. The van der Waals surface area contributed by atoms with Gasteiger partial charge in [0.05, 0.1) is 0 Å². The van der Waals surface area contributed by atoms with Crippen molar-refractivity contribution in [3.05, 3.63) is 30.2 Å². The van der Waals surface area contributed by atoms with Crippen LogP contribution in [0.3, 0.4) is 0 Å². The summed E-state index contributed by atoms with van der Waals surface area (Å²) in [5.74, 6) is 5.67. The minimum Gasteiger partial charge on any atom is -0.382 e.